The highest BCUT2D eigenvalue weighted by Crippen LogP contribution is 2.31. The number of benzene rings is 1. The van der Waals surface area contributed by atoms with Crippen LogP contribution in [-0.4, -0.2) is 29.3 Å². The van der Waals surface area contributed by atoms with Crippen LogP contribution < -0.4 is 4.74 Å². The minimum absolute atomic E-state index is 0.373. The second kappa shape index (κ2) is 7.44. The molecule has 0 aliphatic carbocycles. The zero-order valence-electron chi connectivity index (χ0n) is 16.7. The van der Waals surface area contributed by atoms with E-state index in [9.17, 15) is 0 Å². The van der Waals surface area contributed by atoms with Crippen molar-refractivity contribution in [2.45, 2.75) is 6.61 Å². The van der Waals surface area contributed by atoms with Gasteiger partial charge in [0.15, 0.2) is 5.65 Å². The number of fused-ring (bicyclic) bond motifs is 1. The molecule has 0 spiro atoms. The molecule has 4 heterocycles. The third kappa shape index (κ3) is 3.30. The Hall–Kier alpha value is -4.00. The highest BCUT2D eigenvalue weighted by Gasteiger charge is 2.13. The van der Waals surface area contributed by atoms with Crippen LogP contribution in [0.2, 0.25) is 0 Å². The van der Waals surface area contributed by atoms with Crippen LogP contribution in [0.5, 0.6) is 5.75 Å². The van der Waals surface area contributed by atoms with Gasteiger partial charge < -0.3 is 9.30 Å². The lowest BCUT2D eigenvalue weighted by molar-refractivity contribution is 0.292. The van der Waals surface area contributed by atoms with Gasteiger partial charge in [-0.25, -0.2) is 9.97 Å². The van der Waals surface area contributed by atoms with Crippen molar-refractivity contribution in [1.29, 1.82) is 0 Å². The average Bonchev–Trinajstić information content (AvgIpc) is 3.33. The monoisotopic (exact) mass is 395 g/mol. The van der Waals surface area contributed by atoms with E-state index >= 15 is 0 Å². The fourth-order valence-electron chi connectivity index (χ4n) is 3.50. The van der Waals surface area contributed by atoms with Gasteiger partial charge in [-0.1, -0.05) is 0 Å². The molecule has 148 valence electrons. The molecule has 0 unspecified atom stereocenters. The lowest BCUT2D eigenvalue weighted by Crippen LogP contribution is -2.03. The van der Waals surface area contributed by atoms with Crippen molar-refractivity contribution in [3.8, 4) is 28.1 Å². The maximum absolute atomic E-state index is 5.97. The summed E-state index contributed by atoms with van der Waals surface area (Å²) in [4.78, 5) is 13.1. The minimum atomic E-state index is 0.373. The molecule has 0 atom stereocenters. The van der Waals surface area contributed by atoms with E-state index in [-0.39, 0.29) is 0 Å². The van der Waals surface area contributed by atoms with Gasteiger partial charge in [-0.3, -0.25) is 9.67 Å². The number of aromatic nitrogens is 6. The van der Waals surface area contributed by atoms with Gasteiger partial charge in [-0.2, -0.15) is 5.10 Å². The normalized spacial score (nSPS) is 11.1. The number of ether oxygens (including phenoxy) is 1. The predicted molar refractivity (Wildman–Crippen MR) is 115 cm³/mol. The third-order valence-electron chi connectivity index (χ3n) is 5.04. The van der Waals surface area contributed by atoms with Crippen molar-refractivity contribution in [2.24, 2.45) is 14.1 Å². The second-order valence-electron chi connectivity index (χ2n) is 7.05. The number of rotatable bonds is 5. The Balaban J connectivity index is 1.37. The molecule has 5 rings (SSSR count). The van der Waals surface area contributed by atoms with Crippen molar-refractivity contribution in [3.05, 3.63) is 79.1 Å². The topological polar surface area (TPSA) is 70.7 Å². The smallest absolute Gasteiger partial charge is 0.159 e. The van der Waals surface area contributed by atoms with Crippen molar-refractivity contribution in [1.82, 2.24) is 29.3 Å². The molecule has 0 aliphatic rings. The molecule has 0 bridgehead atoms. The molecule has 0 amide bonds. The number of hydrogen-bond acceptors (Lipinski definition) is 5. The summed E-state index contributed by atoms with van der Waals surface area (Å²) in [6, 6.07) is 15.8. The number of hydrogen-bond donors (Lipinski definition) is 0. The van der Waals surface area contributed by atoms with Gasteiger partial charge in [-0.05, 0) is 54.1 Å². The van der Waals surface area contributed by atoms with E-state index in [0.29, 0.717) is 6.61 Å². The summed E-state index contributed by atoms with van der Waals surface area (Å²) >= 11 is 0. The molecule has 0 aliphatic heterocycles. The quantitative estimate of drug-likeness (QED) is 0.450. The summed E-state index contributed by atoms with van der Waals surface area (Å²) in [6.07, 6.45) is 7.37. The van der Waals surface area contributed by atoms with Crippen molar-refractivity contribution in [3.63, 3.8) is 0 Å². The highest BCUT2D eigenvalue weighted by molar-refractivity contribution is 5.80. The first-order valence-corrected chi connectivity index (χ1v) is 9.62. The maximum Gasteiger partial charge on any atom is 0.159 e. The highest BCUT2D eigenvalue weighted by atomic mass is 16.5. The number of nitrogens with zero attached hydrogens (tertiary/aromatic N) is 6. The Labute approximate surface area is 173 Å². The van der Waals surface area contributed by atoms with E-state index in [1.165, 1.54) is 0 Å². The predicted octanol–water partition coefficient (Wildman–Crippen LogP) is 4.01. The zero-order chi connectivity index (χ0) is 20.5. The van der Waals surface area contributed by atoms with Gasteiger partial charge in [0.25, 0.3) is 0 Å². The minimum Gasteiger partial charge on any atom is -0.486 e. The van der Waals surface area contributed by atoms with Gasteiger partial charge in [0.1, 0.15) is 29.4 Å². The van der Waals surface area contributed by atoms with Gasteiger partial charge >= 0.3 is 0 Å². The SMILES string of the molecule is Cn1c(COc2ccc(-c3nn([11CH3])cc3-c3ccncc3)cc2)nc2cccnc21. The lowest BCUT2D eigenvalue weighted by atomic mass is 10.0. The Morgan fingerprint density at radius 1 is 0.900 bits per heavy atom. The molecule has 7 nitrogen and oxygen atoms in total. The van der Waals surface area contributed by atoms with Crippen LogP contribution in [0, 0.1) is 0 Å². The van der Waals surface area contributed by atoms with Gasteiger partial charge in [0.2, 0.25) is 0 Å². The van der Waals surface area contributed by atoms with Crippen LogP contribution in [-0.2, 0) is 20.7 Å². The van der Waals surface area contributed by atoms with Crippen LogP contribution in [0.3, 0.4) is 0 Å². The van der Waals surface area contributed by atoms with Crippen molar-refractivity contribution in [2.75, 3.05) is 0 Å². The molecule has 0 N–H and O–H groups in total. The van der Waals surface area contributed by atoms with Crippen LogP contribution >= 0.6 is 0 Å². The van der Waals surface area contributed by atoms with Crippen LogP contribution in [0.1, 0.15) is 5.82 Å². The first kappa shape index (κ1) is 18.1. The molecule has 30 heavy (non-hydrogen) atoms. The summed E-state index contributed by atoms with van der Waals surface area (Å²) in [5.41, 5.74) is 5.83. The standard InChI is InChI=1S/C23H20N6O/c1-28-14-19(16-9-12-24-13-10-16)22(27-28)17-5-7-18(8-6-17)30-15-21-26-20-4-3-11-25-23(20)29(21)2/h3-14H,15H2,1-2H3/i1-1. The summed E-state index contributed by atoms with van der Waals surface area (Å²) in [7, 11) is 3.88. The van der Waals surface area contributed by atoms with Gasteiger partial charge in [0.05, 0.1) is 0 Å². The Morgan fingerprint density at radius 3 is 2.47 bits per heavy atom. The largest absolute Gasteiger partial charge is 0.486 e. The third-order valence-corrected chi connectivity index (χ3v) is 5.04. The van der Waals surface area contributed by atoms with Crippen LogP contribution in [0.25, 0.3) is 33.5 Å². The molecule has 0 saturated carbocycles. The van der Waals surface area contributed by atoms with Crippen molar-refractivity contribution >= 4 is 11.2 Å². The molecule has 0 radical (unpaired) electrons. The molecule has 0 fully saturated rings. The summed E-state index contributed by atoms with van der Waals surface area (Å²) < 4.78 is 9.75. The van der Waals surface area contributed by atoms with E-state index in [1.54, 1.807) is 18.6 Å². The van der Waals surface area contributed by atoms with Gasteiger partial charge in [-0.15, -0.1) is 0 Å². The zero-order valence-corrected chi connectivity index (χ0v) is 16.7. The Morgan fingerprint density at radius 2 is 1.70 bits per heavy atom. The first-order chi connectivity index (χ1) is 14.7. The maximum atomic E-state index is 5.97. The summed E-state index contributed by atoms with van der Waals surface area (Å²) in [5.74, 6) is 1.61. The molecule has 4 aromatic heterocycles. The number of imidazole rings is 1. The van der Waals surface area contributed by atoms with Crippen LogP contribution in [0.4, 0.5) is 0 Å². The van der Waals surface area contributed by atoms with E-state index < -0.39 is 0 Å². The molecule has 0 saturated heterocycles. The first-order valence-electron chi connectivity index (χ1n) is 9.62. The van der Waals surface area contributed by atoms with E-state index in [2.05, 4.69) is 20.1 Å². The number of pyridine rings is 2. The molecular formula is C23H20N6O. The van der Waals surface area contributed by atoms with E-state index in [4.69, 9.17) is 4.74 Å². The molecule has 1 aromatic carbocycles. The van der Waals surface area contributed by atoms with E-state index in [1.807, 2.05) is 78.1 Å². The van der Waals surface area contributed by atoms with Crippen LogP contribution in [0.15, 0.2) is 73.3 Å². The molecular weight excluding hydrogens is 375 g/mol. The fourth-order valence-corrected chi connectivity index (χ4v) is 3.50. The van der Waals surface area contributed by atoms with E-state index in [0.717, 1.165) is 45.1 Å². The molecule has 5 aromatic rings. The summed E-state index contributed by atoms with van der Waals surface area (Å²) in [6.45, 7) is 0.373. The summed E-state index contributed by atoms with van der Waals surface area (Å²) in [5, 5.41) is 4.65. The molecule has 7 heteroatoms. The van der Waals surface area contributed by atoms with Gasteiger partial charge in [0, 0.05) is 50.0 Å². The number of aryl methyl sites for hydroxylation is 2. The lowest BCUT2D eigenvalue weighted by Gasteiger charge is -2.08. The Kier molecular flexibility index (Phi) is 4.48. The average molecular weight is 395 g/mol. The Bertz CT molecular complexity index is 1310. The second-order valence-corrected chi connectivity index (χ2v) is 7.05. The van der Waals surface area contributed by atoms with Crippen molar-refractivity contribution < 1.29 is 4.74 Å². The fraction of sp³-hybridized carbons (Fsp3) is 0.130.